The van der Waals surface area contributed by atoms with E-state index >= 15 is 0 Å². The van der Waals surface area contributed by atoms with Crippen LogP contribution in [0.25, 0.3) is 66.1 Å². The number of fused-ring (bicyclic) bond motifs is 4. The molecule has 0 aliphatic heterocycles. The first kappa shape index (κ1) is 21.5. The van der Waals surface area contributed by atoms with E-state index in [4.69, 9.17) is 9.97 Å². The van der Waals surface area contributed by atoms with Crippen molar-refractivity contribution in [2.45, 2.75) is 6.92 Å². The van der Waals surface area contributed by atoms with Crippen LogP contribution in [0.1, 0.15) is 5.56 Å². The van der Waals surface area contributed by atoms with E-state index in [1.165, 1.54) is 38.6 Å². The largest absolute Gasteiger partial charge is 0.254 e. The fraction of sp³-hybridized carbons (Fsp3) is 0.0286. The predicted octanol–water partition coefficient (Wildman–Crippen LogP) is 9.25. The number of benzene rings is 5. The number of rotatable bonds is 3. The summed E-state index contributed by atoms with van der Waals surface area (Å²) in [6.45, 7) is 2.16. The molecule has 0 spiro atoms. The van der Waals surface area contributed by atoms with Gasteiger partial charge in [0.1, 0.15) is 0 Å². The molecule has 0 N–H and O–H groups in total. The number of aromatic nitrogens is 2. The van der Waals surface area contributed by atoms with Crippen molar-refractivity contribution in [1.29, 1.82) is 0 Å². The molecule has 0 aliphatic rings. The van der Waals surface area contributed by atoms with Crippen molar-refractivity contribution in [1.82, 2.24) is 9.97 Å². The van der Waals surface area contributed by atoms with Gasteiger partial charge < -0.3 is 0 Å². The van der Waals surface area contributed by atoms with Crippen molar-refractivity contribution < 1.29 is 0 Å². The molecular formula is C35H24N2. The van der Waals surface area contributed by atoms with Gasteiger partial charge in [0.2, 0.25) is 0 Å². The van der Waals surface area contributed by atoms with Crippen LogP contribution in [0.15, 0.2) is 128 Å². The minimum absolute atomic E-state index is 0.925. The molecule has 0 atom stereocenters. The first-order chi connectivity index (χ1) is 18.3. The molecule has 2 heterocycles. The normalized spacial score (nSPS) is 11.4. The van der Waals surface area contributed by atoms with Crippen LogP contribution in [0.4, 0.5) is 0 Å². The summed E-state index contributed by atoms with van der Waals surface area (Å²) in [4.78, 5) is 10.2. The summed E-state index contributed by atoms with van der Waals surface area (Å²) in [6.07, 6.45) is 1.90. The summed E-state index contributed by atoms with van der Waals surface area (Å²) in [6, 6.07) is 42.8. The van der Waals surface area contributed by atoms with Gasteiger partial charge in [0, 0.05) is 22.5 Å². The van der Waals surface area contributed by atoms with Crippen LogP contribution in [0.5, 0.6) is 0 Å². The minimum atomic E-state index is 0.925. The Morgan fingerprint density at radius 3 is 1.81 bits per heavy atom. The summed E-state index contributed by atoms with van der Waals surface area (Å²) >= 11 is 0. The molecule has 2 nitrogen and oxygen atoms in total. The first-order valence-electron chi connectivity index (χ1n) is 12.6. The van der Waals surface area contributed by atoms with Crippen LogP contribution in [-0.4, -0.2) is 9.97 Å². The quantitative estimate of drug-likeness (QED) is 0.240. The molecule has 2 aromatic heterocycles. The van der Waals surface area contributed by atoms with Crippen molar-refractivity contribution >= 4 is 32.6 Å². The zero-order valence-corrected chi connectivity index (χ0v) is 20.5. The average Bonchev–Trinajstić information content (AvgIpc) is 2.97. The maximum Gasteiger partial charge on any atom is 0.0978 e. The number of hydrogen-bond acceptors (Lipinski definition) is 2. The maximum absolute atomic E-state index is 5.31. The molecule has 0 saturated heterocycles. The van der Waals surface area contributed by atoms with E-state index in [1.807, 2.05) is 12.3 Å². The van der Waals surface area contributed by atoms with Crippen LogP contribution in [0.3, 0.4) is 0 Å². The van der Waals surface area contributed by atoms with E-state index in [1.54, 1.807) is 0 Å². The Hall–Kier alpha value is -4.82. The fourth-order valence-electron chi connectivity index (χ4n) is 5.44. The molecule has 0 bridgehead atoms. The van der Waals surface area contributed by atoms with Gasteiger partial charge in [0.05, 0.1) is 16.7 Å². The van der Waals surface area contributed by atoms with Crippen LogP contribution in [0.2, 0.25) is 0 Å². The Balaban J connectivity index is 1.59. The molecule has 174 valence electrons. The van der Waals surface area contributed by atoms with Gasteiger partial charge in [-0.2, -0.15) is 0 Å². The molecule has 7 aromatic rings. The SMILES string of the molecule is Cc1ccc(-c2cc(-c3ccccc3)c3ccc4c(-c5ccccc5)ccnc4c3n2)c2ccccc12. The maximum atomic E-state index is 5.31. The van der Waals surface area contributed by atoms with Crippen LogP contribution in [0, 0.1) is 6.92 Å². The lowest BCUT2D eigenvalue weighted by Gasteiger charge is -2.15. The molecule has 0 aliphatic carbocycles. The molecule has 5 aromatic carbocycles. The van der Waals surface area contributed by atoms with Crippen molar-refractivity contribution in [3.05, 3.63) is 133 Å². The van der Waals surface area contributed by atoms with Crippen molar-refractivity contribution in [2.75, 3.05) is 0 Å². The summed E-state index contributed by atoms with van der Waals surface area (Å²) in [5.41, 5.74) is 9.90. The van der Waals surface area contributed by atoms with Gasteiger partial charge in [-0.15, -0.1) is 0 Å². The average molecular weight is 473 g/mol. The van der Waals surface area contributed by atoms with Gasteiger partial charge in [-0.25, -0.2) is 4.98 Å². The van der Waals surface area contributed by atoms with Crippen LogP contribution < -0.4 is 0 Å². The molecule has 0 unspecified atom stereocenters. The molecule has 0 saturated carbocycles. The zero-order valence-electron chi connectivity index (χ0n) is 20.5. The Morgan fingerprint density at radius 2 is 1.08 bits per heavy atom. The standard InChI is InChI=1S/C35H24N2/c1-23-16-17-29(28-15-9-8-14-26(23)28)33-22-32(25-12-6-3-7-13-25)31-19-18-30-27(24-10-4-2-5-11-24)20-21-36-34(30)35(31)37-33/h2-22H,1H3. The highest BCUT2D eigenvalue weighted by atomic mass is 14.8. The van der Waals surface area contributed by atoms with E-state index < -0.39 is 0 Å². The highest BCUT2D eigenvalue weighted by molar-refractivity contribution is 6.13. The third kappa shape index (κ3) is 3.57. The van der Waals surface area contributed by atoms with Gasteiger partial charge >= 0.3 is 0 Å². The molecule has 7 rings (SSSR count). The summed E-state index contributed by atoms with van der Waals surface area (Å²) < 4.78 is 0. The van der Waals surface area contributed by atoms with E-state index in [2.05, 4.69) is 122 Å². The Morgan fingerprint density at radius 1 is 0.459 bits per heavy atom. The monoisotopic (exact) mass is 472 g/mol. The Bertz CT molecular complexity index is 1920. The van der Waals surface area contributed by atoms with Crippen LogP contribution in [-0.2, 0) is 0 Å². The number of hydrogen-bond donors (Lipinski definition) is 0. The van der Waals surface area contributed by atoms with E-state index in [0.29, 0.717) is 0 Å². The third-order valence-corrected chi connectivity index (χ3v) is 7.28. The lowest BCUT2D eigenvalue weighted by atomic mass is 9.93. The molecule has 0 radical (unpaired) electrons. The van der Waals surface area contributed by atoms with E-state index in [0.717, 1.165) is 33.1 Å². The zero-order chi connectivity index (χ0) is 24.8. The molecular weight excluding hydrogens is 448 g/mol. The van der Waals surface area contributed by atoms with Gasteiger partial charge in [0.15, 0.2) is 0 Å². The predicted molar refractivity (Wildman–Crippen MR) is 156 cm³/mol. The number of aryl methyl sites for hydroxylation is 1. The van der Waals surface area contributed by atoms with Gasteiger partial charge in [-0.05, 0) is 57.6 Å². The molecule has 0 fully saturated rings. The third-order valence-electron chi connectivity index (χ3n) is 7.28. The topological polar surface area (TPSA) is 25.8 Å². The van der Waals surface area contributed by atoms with Gasteiger partial charge in [-0.3, -0.25) is 4.98 Å². The van der Waals surface area contributed by atoms with E-state index in [9.17, 15) is 0 Å². The minimum Gasteiger partial charge on any atom is -0.254 e. The summed E-state index contributed by atoms with van der Waals surface area (Å²) in [5.74, 6) is 0. The van der Waals surface area contributed by atoms with Crippen molar-refractivity contribution in [2.24, 2.45) is 0 Å². The second-order valence-electron chi connectivity index (χ2n) is 9.48. The van der Waals surface area contributed by atoms with Crippen LogP contribution >= 0.6 is 0 Å². The number of pyridine rings is 2. The molecule has 37 heavy (non-hydrogen) atoms. The van der Waals surface area contributed by atoms with Gasteiger partial charge in [-0.1, -0.05) is 109 Å². The highest BCUT2D eigenvalue weighted by Gasteiger charge is 2.16. The second-order valence-corrected chi connectivity index (χ2v) is 9.48. The summed E-state index contributed by atoms with van der Waals surface area (Å²) in [7, 11) is 0. The van der Waals surface area contributed by atoms with Crippen molar-refractivity contribution in [3.8, 4) is 33.5 Å². The lowest BCUT2D eigenvalue weighted by molar-refractivity contribution is 1.37. The Kier molecular flexibility index (Phi) is 5.04. The lowest BCUT2D eigenvalue weighted by Crippen LogP contribution is -1.94. The smallest absolute Gasteiger partial charge is 0.0978 e. The highest BCUT2D eigenvalue weighted by Crippen LogP contribution is 2.39. The molecule has 0 amide bonds. The number of nitrogens with zero attached hydrogens (tertiary/aromatic N) is 2. The van der Waals surface area contributed by atoms with E-state index in [-0.39, 0.29) is 0 Å². The van der Waals surface area contributed by atoms with Gasteiger partial charge in [0.25, 0.3) is 0 Å². The second kappa shape index (κ2) is 8.69. The summed E-state index contributed by atoms with van der Waals surface area (Å²) in [5, 5.41) is 4.69. The first-order valence-corrected chi connectivity index (χ1v) is 12.6. The van der Waals surface area contributed by atoms with Crippen molar-refractivity contribution in [3.63, 3.8) is 0 Å². The Labute approximate surface area is 215 Å². The molecule has 2 heteroatoms. The fourth-order valence-corrected chi connectivity index (χ4v) is 5.44.